The number of piperazine rings is 1. The van der Waals surface area contributed by atoms with E-state index in [1.165, 1.54) is 12.1 Å². The molecule has 7 rings (SSSR count). The average molecular weight is 703 g/mol. The summed E-state index contributed by atoms with van der Waals surface area (Å²) >= 11 is 6.23. The monoisotopic (exact) mass is 702 g/mol. The number of amides is 4. The van der Waals surface area contributed by atoms with Crippen molar-refractivity contribution in [2.45, 2.75) is 50.4 Å². The summed E-state index contributed by atoms with van der Waals surface area (Å²) in [6.45, 7) is 10.7. The van der Waals surface area contributed by atoms with E-state index in [9.17, 15) is 24.4 Å². The van der Waals surface area contributed by atoms with Crippen molar-refractivity contribution in [3.8, 4) is 6.07 Å². The molecule has 5 saturated heterocycles. The lowest BCUT2D eigenvalue weighted by Gasteiger charge is -2.39. The molecule has 5 aliphatic heterocycles. The molecule has 0 radical (unpaired) electrons. The predicted octanol–water partition coefficient (Wildman–Crippen LogP) is 2.04. The topological polar surface area (TPSA) is 151 Å². The number of piperidine rings is 1. The summed E-state index contributed by atoms with van der Waals surface area (Å²) in [7, 11) is 1.68. The van der Waals surface area contributed by atoms with Gasteiger partial charge in [-0.2, -0.15) is 5.26 Å². The molecule has 5 fully saturated rings. The number of hydrogen-bond donors (Lipinski definition) is 2. The van der Waals surface area contributed by atoms with Crippen LogP contribution in [-0.2, 0) is 19.1 Å². The lowest BCUT2D eigenvalue weighted by atomic mass is 9.66. The number of carbonyl (C=O) groups is 4. The van der Waals surface area contributed by atoms with Gasteiger partial charge in [-0.05, 0) is 76.0 Å². The van der Waals surface area contributed by atoms with E-state index in [4.69, 9.17) is 16.3 Å². The molecule has 6 heterocycles. The summed E-state index contributed by atoms with van der Waals surface area (Å²) in [4.78, 5) is 65.5. The number of nitriles is 1. The first-order valence-corrected chi connectivity index (χ1v) is 17.8. The van der Waals surface area contributed by atoms with Gasteiger partial charge in [0.25, 0.3) is 5.91 Å². The van der Waals surface area contributed by atoms with Crippen LogP contribution >= 0.6 is 11.6 Å². The van der Waals surface area contributed by atoms with E-state index in [2.05, 4.69) is 30.3 Å². The quantitative estimate of drug-likeness (QED) is 0.391. The Kier molecular flexibility index (Phi) is 9.09. The second-order valence-electron chi connectivity index (χ2n) is 14.7. The number of ether oxygens (including phenoxy) is 1. The minimum absolute atomic E-state index is 0.0696. The fraction of sp³-hybridized carbons (Fsp3) is 0.556. The molecule has 1 aromatic carbocycles. The van der Waals surface area contributed by atoms with E-state index in [-0.39, 0.29) is 28.3 Å². The van der Waals surface area contributed by atoms with Crippen molar-refractivity contribution in [1.82, 2.24) is 25.4 Å². The van der Waals surface area contributed by atoms with E-state index in [0.717, 1.165) is 69.4 Å². The van der Waals surface area contributed by atoms with E-state index < -0.39 is 35.0 Å². The molecule has 5 aliphatic rings. The van der Waals surface area contributed by atoms with Gasteiger partial charge < -0.3 is 20.3 Å². The number of carbonyl (C=O) groups excluding carboxylic acids is 4. The van der Waals surface area contributed by atoms with Crippen molar-refractivity contribution in [3.05, 3.63) is 52.7 Å². The van der Waals surface area contributed by atoms with Crippen LogP contribution in [0.5, 0.6) is 0 Å². The number of aromatic nitrogens is 1. The molecule has 4 amide bonds. The van der Waals surface area contributed by atoms with Crippen molar-refractivity contribution < 1.29 is 23.9 Å². The highest BCUT2D eigenvalue weighted by Crippen LogP contribution is 2.61. The van der Waals surface area contributed by atoms with Crippen molar-refractivity contribution in [2.75, 3.05) is 69.2 Å². The first-order chi connectivity index (χ1) is 23.9. The van der Waals surface area contributed by atoms with Crippen LogP contribution in [0.4, 0.5) is 11.5 Å². The standard InChI is InChI=1S/C36H43ClN8O5/c1-35-17-27(36(2,50-35)31-30(35)33(48)45(34(31)49)25-6-4-23(18-38)26(37)16-25)41-32(47)24-5-7-28(40-19-24)44-14-12-43(13-15-44)20-22-8-10-42(11-9-22)21-29(46)39-3/h4-7,16,19,22,27,30-31H,8-15,17,20-21H2,1-3H3,(H,39,46)(H,41,47)/t27?,30-,31+,35?,36?/m1/s1. The second-order valence-corrected chi connectivity index (χ2v) is 15.1. The number of likely N-dealkylation sites (tertiary alicyclic amines) is 1. The summed E-state index contributed by atoms with van der Waals surface area (Å²) in [6, 6.07) is 9.65. The Morgan fingerprint density at radius 1 is 1.02 bits per heavy atom. The van der Waals surface area contributed by atoms with Gasteiger partial charge in [-0.15, -0.1) is 0 Å². The lowest BCUT2D eigenvalue weighted by Crippen LogP contribution is -2.56. The maximum absolute atomic E-state index is 13.8. The lowest BCUT2D eigenvalue weighted by molar-refractivity contribution is -0.130. The molecule has 13 nitrogen and oxygen atoms in total. The number of nitrogens with zero attached hydrogens (tertiary/aromatic N) is 6. The molecule has 2 N–H and O–H groups in total. The molecule has 264 valence electrons. The number of hydrogen-bond acceptors (Lipinski definition) is 10. The summed E-state index contributed by atoms with van der Waals surface area (Å²) in [5, 5.41) is 15.2. The van der Waals surface area contributed by atoms with Crippen LogP contribution in [0.1, 0.15) is 49.0 Å². The molecule has 5 atom stereocenters. The van der Waals surface area contributed by atoms with Gasteiger partial charge in [-0.3, -0.25) is 29.0 Å². The van der Waals surface area contributed by atoms with Crippen molar-refractivity contribution in [2.24, 2.45) is 17.8 Å². The van der Waals surface area contributed by atoms with E-state index in [0.29, 0.717) is 30.1 Å². The van der Waals surface area contributed by atoms with E-state index in [1.807, 2.05) is 19.1 Å². The number of halogens is 1. The summed E-state index contributed by atoms with van der Waals surface area (Å²) in [5.41, 5.74) is -1.06. The number of fused-ring (bicyclic) bond motifs is 5. The van der Waals surface area contributed by atoms with Crippen LogP contribution in [0.25, 0.3) is 0 Å². The molecular formula is C36H43ClN8O5. The Hall–Kier alpha value is -4.09. The van der Waals surface area contributed by atoms with Gasteiger partial charge in [0.1, 0.15) is 11.9 Å². The van der Waals surface area contributed by atoms with Crippen molar-refractivity contribution in [3.63, 3.8) is 0 Å². The van der Waals surface area contributed by atoms with Gasteiger partial charge in [0, 0.05) is 52.4 Å². The third kappa shape index (κ3) is 6.02. The average Bonchev–Trinajstić information content (AvgIpc) is 3.64. The molecule has 0 spiro atoms. The Morgan fingerprint density at radius 3 is 2.38 bits per heavy atom. The maximum atomic E-state index is 13.8. The Labute approximate surface area is 296 Å². The second kappa shape index (κ2) is 13.2. The molecule has 2 bridgehead atoms. The van der Waals surface area contributed by atoms with Crippen LogP contribution in [0.2, 0.25) is 5.02 Å². The number of imide groups is 1. The summed E-state index contributed by atoms with van der Waals surface area (Å²) in [6.07, 6.45) is 4.18. The summed E-state index contributed by atoms with van der Waals surface area (Å²) in [5.74, 6) is -1.02. The number of rotatable bonds is 8. The molecule has 1 aromatic heterocycles. The van der Waals surface area contributed by atoms with E-state index >= 15 is 0 Å². The smallest absolute Gasteiger partial charge is 0.253 e. The van der Waals surface area contributed by atoms with Crippen LogP contribution in [0.3, 0.4) is 0 Å². The zero-order valence-electron chi connectivity index (χ0n) is 28.7. The Bertz CT molecular complexity index is 1730. The van der Waals surface area contributed by atoms with Crippen molar-refractivity contribution >= 4 is 46.7 Å². The number of pyridine rings is 1. The van der Waals surface area contributed by atoms with Gasteiger partial charge >= 0.3 is 0 Å². The fourth-order valence-electron chi connectivity index (χ4n) is 8.82. The third-order valence-corrected chi connectivity index (χ3v) is 11.9. The molecule has 3 unspecified atom stereocenters. The summed E-state index contributed by atoms with van der Waals surface area (Å²) < 4.78 is 6.43. The fourth-order valence-corrected chi connectivity index (χ4v) is 9.04. The zero-order chi connectivity index (χ0) is 35.4. The number of likely N-dealkylation sites (N-methyl/N-ethyl adjacent to an activating group) is 1. The molecule has 50 heavy (non-hydrogen) atoms. The van der Waals surface area contributed by atoms with Crippen molar-refractivity contribution in [1.29, 1.82) is 5.26 Å². The zero-order valence-corrected chi connectivity index (χ0v) is 29.4. The van der Waals surface area contributed by atoms with Crippen LogP contribution < -0.4 is 20.4 Å². The third-order valence-electron chi connectivity index (χ3n) is 11.5. The predicted molar refractivity (Wildman–Crippen MR) is 186 cm³/mol. The van der Waals surface area contributed by atoms with Crippen LogP contribution in [0.15, 0.2) is 36.5 Å². The first kappa shape index (κ1) is 34.4. The van der Waals surface area contributed by atoms with Gasteiger partial charge in [0.15, 0.2) is 0 Å². The number of anilines is 2. The Balaban J connectivity index is 0.936. The minimum Gasteiger partial charge on any atom is -0.365 e. The molecule has 0 aliphatic carbocycles. The van der Waals surface area contributed by atoms with Gasteiger partial charge in [-0.1, -0.05) is 11.6 Å². The minimum atomic E-state index is -1.09. The highest BCUT2D eigenvalue weighted by Gasteiger charge is 2.76. The number of benzene rings is 1. The van der Waals surface area contributed by atoms with E-state index in [1.54, 1.807) is 32.3 Å². The number of nitrogens with one attached hydrogen (secondary N) is 2. The largest absolute Gasteiger partial charge is 0.365 e. The first-order valence-electron chi connectivity index (χ1n) is 17.4. The molecule has 14 heteroatoms. The van der Waals surface area contributed by atoms with Gasteiger partial charge in [0.2, 0.25) is 17.7 Å². The Morgan fingerprint density at radius 2 is 1.74 bits per heavy atom. The molecular weight excluding hydrogens is 660 g/mol. The maximum Gasteiger partial charge on any atom is 0.253 e. The highest BCUT2D eigenvalue weighted by molar-refractivity contribution is 6.32. The van der Waals surface area contributed by atoms with Crippen LogP contribution in [0, 0.1) is 29.1 Å². The SMILES string of the molecule is CNC(=O)CN1CCC(CN2CCN(c3ccc(C(=O)NC4CC5(C)OC4(C)[C@@H]4C(=O)N(c6ccc(C#N)c(Cl)c6)C(=O)[C@@H]45)cn3)CC2)CC1. The normalized spacial score (nSPS) is 30.0. The van der Waals surface area contributed by atoms with Crippen LogP contribution in [-0.4, -0.2) is 115 Å². The molecule has 2 aromatic rings. The van der Waals surface area contributed by atoms with Gasteiger partial charge in [-0.25, -0.2) is 9.88 Å². The van der Waals surface area contributed by atoms with Gasteiger partial charge in [0.05, 0.1) is 57.5 Å². The highest BCUT2D eigenvalue weighted by atomic mass is 35.5. The molecule has 0 saturated carbocycles.